The second-order valence-corrected chi connectivity index (χ2v) is 6.16. The molecule has 0 aromatic heterocycles. The predicted octanol–water partition coefficient (Wildman–Crippen LogP) is 1.47. The van der Waals surface area contributed by atoms with Crippen LogP contribution < -0.4 is 10.2 Å². The van der Waals surface area contributed by atoms with Gasteiger partial charge in [0.2, 0.25) is 11.8 Å². The van der Waals surface area contributed by atoms with Crippen LogP contribution in [0, 0.1) is 0 Å². The summed E-state index contributed by atoms with van der Waals surface area (Å²) in [6, 6.07) is 7.47. The molecule has 0 spiro atoms. The van der Waals surface area contributed by atoms with Gasteiger partial charge in [-0.05, 0) is 37.6 Å². The van der Waals surface area contributed by atoms with Crippen LogP contribution in [-0.4, -0.2) is 55.6 Å². The average molecular weight is 317 g/mol. The summed E-state index contributed by atoms with van der Waals surface area (Å²) in [6.45, 7) is 5.41. The molecule has 0 saturated carbocycles. The highest BCUT2D eigenvalue weighted by Gasteiger charge is 2.22. The average Bonchev–Trinajstić information content (AvgIpc) is 2.94. The van der Waals surface area contributed by atoms with Crippen molar-refractivity contribution in [3.8, 4) is 0 Å². The number of carbonyl (C=O) groups excluding carboxylic acids is 2. The monoisotopic (exact) mass is 317 g/mol. The number of morpholine rings is 1. The molecule has 0 bridgehead atoms. The topological polar surface area (TPSA) is 61.9 Å². The van der Waals surface area contributed by atoms with Crippen molar-refractivity contribution in [2.75, 3.05) is 43.0 Å². The predicted molar refractivity (Wildman–Crippen MR) is 88.5 cm³/mol. The molecule has 6 nitrogen and oxygen atoms in total. The van der Waals surface area contributed by atoms with Gasteiger partial charge in [0.15, 0.2) is 0 Å². The minimum atomic E-state index is -0.0240. The number of hydrogen-bond donors (Lipinski definition) is 1. The van der Waals surface area contributed by atoms with E-state index in [1.54, 1.807) is 4.90 Å². The maximum atomic E-state index is 12.1. The van der Waals surface area contributed by atoms with Crippen molar-refractivity contribution in [3.05, 3.63) is 24.3 Å². The molecule has 1 N–H and O–H groups in total. The Morgan fingerprint density at radius 3 is 2.74 bits per heavy atom. The van der Waals surface area contributed by atoms with Gasteiger partial charge in [0.05, 0.1) is 19.3 Å². The van der Waals surface area contributed by atoms with E-state index in [0.717, 1.165) is 37.4 Å². The lowest BCUT2D eigenvalue weighted by atomic mass is 10.2. The van der Waals surface area contributed by atoms with Gasteiger partial charge in [0, 0.05) is 37.4 Å². The summed E-state index contributed by atoms with van der Waals surface area (Å²) in [5.74, 6) is 0.146. The maximum Gasteiger partial charge on any atom is 0.238 e. The minimum absolute atomic E-state index is 0.0240. The number of anilines is 2. The molecule has 2 aliphatic rings. The third-order valence-corrected chi connectivity index (χ3v) is 4.23. The van der Waals surface area contributed by atoms with E-state index < -0.39 is 0 Å². The first-order valence-electron chi connectivity index (χ1n) is 8.16. The van der Waals surface area contributed by atoms with Gasteiger partial charge in [-0.3, -0.25) is 14.5 Å². The smallest absolute Gasteiger partial charge is 0.238 e. The molecular formula is C17H23N3O3. The van der Waals surface area contributed by atoms with Gasteiger partial charge in [-0.2, -0.15) is 0 Å². The SMILES string of the molecule is CC1CN(CC(=O)Nc2ccc(N3CCCC3=O)cc2)CCO1. The van der Waals surface area contributed by atoms with Crippen molar-refractivity contribution in [2.45, 2.75) is 25.9 Å². The minimum Gasteiger partial charge on any atom is -0.376 e. The Morgan fingerprint density at radius 1 is 1.30 bits per heavy atom. The van der Waals surface area contributed by atoms with E-state index in [2.05, 4.69) is 10.2 Å². The summed E-state index contributed by atoms with van der Waals surface area (Å²) in [5.41, 5.74) is 1.65. The summed E-state index contributed by atoms with van der Waals surface area (Å²) < 4.78 is 5.47. The third kappa shape index (κ3) is 4.09. The molecule has 0 aliphatic carbocycles. The van der Waals surface area contributed by atoms with Crippen LogP contribution in [0.15, 0.2) is 24.3 Å². The Morgan fingerprint density at radius 2 is 2.09 bits per heavy atom. The van der Waals surface area contributed by atoms with Gasteiger partial charge in [0.25, 0.3) is 0 Å². The van der Waals surface area contributed by atoms with Crippen molar-refractivity contribution in [1.82, 2.24) is 4.90 Å². The van der Waals surface area contributed by atoms with Gasteiger partial charge in [-0.1, -0.05) is 0 Å². The Balaban J connectivity index is 1.53. The fourth-order valence-electron chi connectivity index (χ4n) is 3.08. The molecule has 1 aromatic carbocycles. The van der Waals surface area contributed by atoms with E-state index in [1.165, 1.54) is 0 Å². The molecule has 1 unspecified atom stereocenters. The van der Waals surface area contributed by atoms with Crippen LogP contribution in [0.4, 0.5) is 11.4 Å². The van der Waals surface area contributed by atoms with E-state index in [0.29, 0.717) is 19.6 Å². The molecule has 0 radical (unpaired) electrons. The molecular weight excluding hydrogens is 294 g/mol. The van der Waals surface area contributed by atoms with Crippen molar-refractivity contribution in [3.63, 3.8) is 0 Å². The second kappa shape index (κ2) is 7.10. The van der Waals surface area contributed by atoms with Crippen molar-refractivity contribution < 1.29 is 14.3 Å². The second-order valence-electron chi connectivity index (χ2n) is 6.16. The Kier molecular flexibility index (Phi) is 4.93. The Bertz CT molecular complexity index is 573. The lowest BCUT2D eigenvalue weighted by Crippen LogP contribution is -2.44. The summed E-state index contributed by atoms with van der Waals surface area (Å²) in [5, 5.41) is 2.91. The van der Waals surface area contributed by atoms with Crippen LogP contribution in [-0.2, 0) is 14.3 Å². The molecule has 1 atom stereocenters. The number of rotatable bonds is 4. The highest BCUT2D eigenvalue weighted by Crippen LogP contribution is 2.23. The molecule has 2 fully saturated rings. The Hall–Kier alpha value is -1.92. The molecule has 124 valence electrons. The number of hydrogen-bond acceptors (Lipinski definition) is 4. The summed E-state index contributed by atoms with van der Waals surface area (Å²) in [6.07, 6.45) is 1.71. The van der Waals surface area contributed by atoms with E-state index in [-0.39, 0.29) is 17.9 Å². The van der Waals surface area contributed by atoms with Crippen LogP contribution in [0.25, 0.3) is 0 Å². The van der Waals surface area contributed by atoms with E-state index in [4.69, 9.17) is 4.74 Å². The number of ether oxygens (including phenoxy) is 1. The standard InChI is InChI=1S/C17H23N3O3/c1-13-11-19(9-10-23-13)12-16(21)18-14-4-6-15(7-5-14)20-8-2-3-17(20)22/h4-7,13H,2-3,8-12H2,1H3,(H,18,21). The molecule has 6 heteroatoms. The lowest BCUT2D eigenvalue weighted by Gasteiger charge is -2.30. The van der Waals surface area contributed by atoms with Gasteiger partial charge < -0.3 is 15.0 Å². The van der Waals surface area contributed by atoms with Crippen LogP contribution in [0.5, 0.6) is 0 Å². The number of benzene rings is 1. The van der Waals surface area contributed by atoms with Crippen LogP contribution in [0.3, 0.4) is 0 Å². The first-order valence-corrected chi connectivity index (χ1v) is 8.16. The zero-order chi connectivity index (χ0) is 16.2. The number of carbonyl (C=O) groups is 2. The quantitative estimate of drug-likeness (QED) is 0.913. The maximum absolute atomic E-state index is 12.1. The van der Waals surface area contributed by atoms with Gasteiger partial charge in [-0.25, -0.2) is 0 Å². The zero-order valence-corrected chi connectivity index (χ0v) is 13.5. The molecule has 2 heterocycles. The highest BCUT2D eigenvalue weighted by atomic mass is 16.5. The van der Waals surface area contributed by atoms with Gasteiger partial charge >= 0.3 is 0 Å². The summed E-state index contributed by atoms with van der Waals surface area (Å²) >= 11 is 0. The van der Waals surface area contributed by atoms with Crippen LogP contribution in [0.1, 0.15) is 19.8 Å². The molecule has 1 aromatic rings. The molecule has 2 saturated heterocycles. The normalized spacial score (nSPS) is 22.4. The van der Waals surface area contributed by atoms with Crippen molar-refractivity contribution in [2.24, 2.45) is 0 Å². The zero-order valence-electron chi connectivity index (χ0n) is 13.5. The largest absolute Gasteiger partial charge is 0.376 e. The summed E-state index contributed by atoms with van der Waals surface area (Å²) in [7, 11) is 0. The number of nitrogens with one attached hydrogen (secondary N) is 1. The lowest BCUT2D eigenvalue weighted by molar-refractivity contribution is -0.119. The Labute approximate surface area is 136 Å². The van der Waals surface area contributed by atoms with Gasteiger partial charge in [-0.15, -0.1) is 0 Å². The number of nitrogens with zero attached hydrogens (tertiary/aromatic N) is 2. The molecule has 3 rings (SSSR count). The van der Waals surface area contributed by atoms with Crippen LogP contribution >= 0.6 is 0 Å². The summed E-state index contributed by atoms with van der Waals surface area (Å²) in [4.78, 5) is 27.7. The highest BCUT2D eigenvalue weighted by molar-refractivity contribution is 5.96. The van der Waals surface area contributed by atoms with E-state index >= 15 is 0 Å². The fourth-order valence-corrected chi connectivity index (χ4v) is 3.08. The molecule has 2 aliphatic heterocycles. The van der Waals surface area contributed by atoms with Crippen LogP contribution in [0.2, 0.25) is 0 Å². The fraction of sp³-hybridized carbons (Fsp3) is 0.529. The van der Waals surface area contributed by atoms with Crippen molar-refractivity contribution in [1.29, 1.82) is 0 Å². The third-order valence-electron chi connectivity index (χ3n) is 4.23. The molecule has 2 amide bonds. The first-order chi connectivity index (χ1) is 11.1. The number of amides is 2. The molecule has 23 heavy (non-hydrogen) atoms. The van der Waals surface area contributed by atoms with Gasteiger partial charge in [0.1, 0.15) is 0 Å². The van der Waals surface area contributed by atoms with E-state index in [1.807, 2.05) is 31.2 Å². The van der Waals surface area contributed by atoms with Crippen molar-refractivity contribution >= 4 is 23.2 Å². The first kappa shape index (κ1) is 16.0. The van der Waals surface area contributed by atoms with E-state index in [9.17, 15) is 9.59 Å².